The average Bonchev–Trinajstić information content (AvgIpc) is 2.89. The number of carbonyl (C=O) groups excluding carboxylic acids is 3. The van der Waals surface area contributed by atoms with Crippen molar-refractivity contribution in [3.63, 3.8) is 0 Å². The second kappa shape index (κ2) is 16.6. The van der Waals surface area contributed by atoms with Crippen molar-refractivity contribution in [2.24, 2.45) is 5.92 Å². The minimum absolute atomic E-state index is 0.128. The number of hydrogen-bond donors (Lipinski definition) is 5. The fourth-order valence-electron chi connectivity index (χ4n) is 4.54. The molecule has 1 aliphatic rings. The molecule has 0 bridgehead atoms. The zero-order valence-electron chi connectivity index (χ0n) is 22.3. The van der Waals surface area contributed by atoms with Crippen LogP contribution in [0.25, 0.3) is 0 Å². The van der Waals surface area contributed by atoms with Crippen molar-refractivity contribution in [3.05, 3.63) is 35.9 Å². The van der Waals surface area contributed by atoms with Crippen LogP contribution in [0.15, 0.2) is 30.3 Å². The maximum Gasteiger partial charge on any atom is 0.326 e. The van der Waals surface area contributed by atoms with E-state index in [9.17, 15) is 24.3 Å². The molecule has 2 rings (SSSR count). The van der Waals surface area contributed by atoms with Crippen LogP contribution in [0.4, 0.5) is 4.79 Å². The molecule has 0 spiro atoms. The molecule has 0 radical (unpaired) electrons. The zero-order chi connectivity index (χ0) is 27.0. The van der Waals surface area contributed by atoms with Crippen LogP contribution in [0.2, 0.25) is 0 Å². The van der Waals surface area contributed by atoms with E-state index in [1.54, 1.807) is 6.92 Å². The second-order valence-corrected chi connectivity index (χ2v) is 10.1. The molecule has 3 atom stereocenters. The Hall–Kier alpha value is -3.10. The van der Waals surface area contributed by atoms with Crippen molar-refractivity contribution in [1.29, 1.82) is 0 Å². The molecule has 1 fully saturated rings. The lowest BCUT2D eigenvalue weighted by molar-refractivity contribution is -0.143. The van der Waals surface area contributed by atoms with Crippen LogP contribution >= 0.6 is 0 Å². The number of benzene rings is 1. The molecule has 206 valence electrons. The lowest BCUT2D eigenvalue weighted by Crippen LogP contribution is -2.54. The molecule has 0 aromatic heterocycles. The molecule has 1 saturated carbocycles. The van der Waals surface area contributed by atoms with Gasteiger partial charge in [-0.1, -0.05) is 76.3 Å². The molecule has 4 amide bonds. The van der Waals surface area contributed by atoms with E-state index < -0.39 is 24.0 Å². The average molecular weight is 517 g/mol. The number of unbranched alkanes of at least 4 members (excludes halogenated alkanes) is 2. The predicted molar refractivity (Wildman–Crippen MR) is 143 cm³/mol. The Morgan fingerprint density at radius 3 is 2.32 bits per heavy atom. The van der Waals surface area contributed by atoms with E-state index in [2.05, 4.69) is 21.3 Å². The van der Waals surface area contributed by atoms with Gasteiger partial charge in [0, 0.05) is 25.4 Å². The maximum atomic E-state index is 13.0. The van der Waals surface area contributed by atoms with E-state index in [1.165, 1.54) is 19.3 Å². The Morgan fingerprint density at radius 1 is 0.973 bits per heavy atom. The maximum absolute atomic E-state index is 13.0. The molecule has 0 saturated heterocycles. The largest absolute Gasteiger partial charge is 0.480 e. The summed E-state index contributed by atoms with van der Waals surface area (Å²) in [6.45, 7) is 4.19. The Bertz CT molecular complexity index is 857. The molecule has 9 heteroatoms. The van der Waals surface area contributed by atoms with E-state index in [0.717, 1.165) is 31.2 Å². The third-order valence-electron chi connectivity index (χ3n) is 7.02. The molecular formula is C28H44N4O5. The second-order valence-electron chi connectivity index (χ2n) is 10.1. The number of rotatable bonds is 15. The Balaban J connectivity index is 1.78. The van der Waals surface area contributed by atoms with Crippen LogP contribution in [-0.4, -0.2) is 53.6 Å². The summed E-state index contributed by atoms with van der Waals surface area (Å²) in [7, 11) is 0. The first-order valence-electron chi connectivity index (χ1n) is 13.7. The monoisotopic (exact) mass is 516 g/mol. The molecule has 0 aliphatic heterocycles. The fraction of sp³-hybridized carbons (Fsp3) is 0.643. The van der Waals surface area contributed by atoms with E-state index >= 15 is 0 Å². The van der Waals surface area contributed by atoms with Crippen molar-refractivity contribution in [2.45, 2.75) is 103 Å². The highest BCUT2D eigenvalue weighted by molar-refractivity contribution is 5.90. The summed E-state index contributed by atoms with van der Waals surface area (Å²) >= 11 is 0. The van der Waals surface area contributed by atoms with Crippen LogP contribution < -0.4 is 21.3 Å². The zero-order valence-corrected chi connectivity index (χ0v) is 22.3. The van der Waals surface area contributed by atoms with Crippen LogP contribution in [0.5, 0.6) is 0 Å². The molecule has 0 heterocycles. The molecule has 5 N–H and O–H groups in total. The van der Waals surface area contributed by atoms with Gasteiger partial charge in [-0.25, -0.2) is 9.59 Å². The van der Waals surface area contributed by atoms with Crippen LogP contribution in [0.3, 0.4) is 0 Å². The minimum atomic E-state index is -1.09. The molecule has 37 heavy (non-hydrogen) atoms. The topological polar surface area (TPSA) is 137 Å². The highest BCUT2D eigenvalue weighted by Crippen LogP contribution is 2.17. The number of hydrogen-bond acceptors (Lipinski definition) is 4. The summed E-state index contributed by atoms with van der Waals surface area (Å²) in [6.07, 6.45) is 8.93. The third-order valence-corrected chi connectivity index (χ3v) is 7.02. The van der Waals surface area contributed by atoms with Crippen molar-refractivity contribution < 1.29 is 24.3 Å². The van der Waals surface area contributed by atoms with E-state index in [1.807, 2.05) is 37.3 Å². The van der Waals surface area contributed by atoms with Crippen molar-refractivity contribution in [3.8, 4) is 0 Å². The quantitative estimate of drug-likeness (QED) is 0.227. The predicted octanol–water partition coefficient (Wildman–Crippen LogP) is 3.52. The van der Waals surface area contributed by atoms with Gasteiger partial charge in [-0.15, -0.1) is 0 Å². The Morgan fingerprint density at radius 2 is 1.68 bits per heavy atom. The summed E-state index contributed by atoms with van der Waals surface area (Å²) < 4.78 is 0. The first-order chi connectivity index (χ1) is 17.8. The molecule has 1 aliphatic carbocycles. The number of amides is 4. The smallest absolute Gasteiger partial charge is 0.326 e. The van der Waals surface area contributed by atoms with Gasteiger partial charge in [-0.3, -0.25) is 9.59 Å². The molecular weight excluding hydrogens is 472 g/mol. The lowest BCUT2D eigenvalue weighted by atomic mass is 9.96. The fourth-order valence-corrected chi connectivity index (χ4v) is 4.54. The van der Waals surface area contributed by atoms with Gasteiger partial charge in [0.25, 0.3) is 0 Å². The van der Waals surface area contributed by atoms with Gasteiger partial charge < -0.3 is 26.4 Å². The highest BCUT2D eigenvalue weighted by Gasteiger charge is 2.29. The van der Waals surface area contributed by atoms with Gasteiger partial charge in [0.15, 0.2) is 0 Å². The third kappa shape index (κ3) is 11.7. The van der Waals surface area contributed by atoms with Gasteiger partial charge in [0.05, 0.1) is 0 Å². The van der Waals surface area contributed by atoms with Crippen molar-refractivity contribution >= 4 is 23.8 Å². The van der Waals surface area contributed by atoms with Gasteiger partial charge in [0.2, 0.25) is 11.8 Å². The highest BCUT2D eigenvalue weighted by atomic mass is 16.4. The van der Waals surface area contributed by atoms with Crippen molar-refractivity contribution in [2.75, 3.05) is 6.54 Å². The normalized spacial score (nSPS) is 16.2. The first kappa shape index (κ1) is 30.1. The first-order valence-corrected chi connectivity index (χ1v) is 13.7. The number of aliphatic carboxylic acids is 1. The number of nitrogens with one attached hydrogen (secondary N) is 4. The number of urea groups is 1. The van der Waals surface area contributed by atoms with Crippen LogP contribution in [-0.2, 0) is 20.8 Å². The van der Waals surface area contributed by atoms with Gasteiger partial charge >= 0.3 is 12.0 Å². The Labute approximate surface area is 220 Å². The molecule has 1 unspecified atom stereocenters. The molecule has 1 aromatic rings. The Kier molecular flexibility index (Phi) is 13.5. The minimum Gasteiger partial charge on any atom is -0.480 e. The van der Waals surface area contributed by atoms with Crippen LogP contribution in [0, 0.1) is 5.92 Å². The van der Waals surface area contributed by atoms with Gasteiger partial charge in [-0.05, 0) is 37.2 Å². The van der Waals surface area contributed by atoms with E-state index in [0.29, 0.717) is 19.4 Å². The molecule has 1 aromatic carbocycles. The summed E-state index contributed by atoms with van der Waals surface area (Å²) in [4.78, 5) is 49.3. The number of carbonyl (C=O) groups is 4. The van der Waals surface area contributed by atoms with E-state index in [4.69, 9.17) is 0 Å². The number of carboxylic acid groups (broad SMARTS) is 1. The lowest BCUT2D eigenvalue weighted by Gasteiger charge is -2.24. The summed E-state index contributed by atoms with van der Waals surface area (Å²) in [5.74, 6) is -2.09. The van der Waals surface area contributed by atoms with Gasteiger partial charge in [-0.2, -0.15) is 0 Å². The summed E-state index contributed by atoms with van der Waals surface area (Å²) in [5, 5.41) is 20.9. The standard InChI is InChI=1S/C28H44N4O5/c1-3-20(2)25(27(35)36)32-26(34)23(19-21-13-7-4-8-14-21)31-24(33)17-11-6-12-18-29-28(37)30-22-15-9-5-10-16-22/h4,7-8,13-14,20,22-23,25H,3,5-6,9-12,15-19H2,1-2H3,(H,31,33)(H,32,34)(H,35,36)(H2,29,30,37)/t20?,23-,25-/m0/s1. The van der Waals surface area contributed by atoms with Gasteiger partial charge in [0.1, 0.15) is 12.1 Å². The number of carboxylic acids is 1. The summed E-state index contributed by atoms with van der Waals surface area (Å²) in [5.41, 5.74) is 0.871. The SMILES string of the molecule is CCC(C)[C@H](NC(=O)[C@H](Cc1ccccc1)NC(=O)CCCCCNC(=O)NC1CCCCC1)C(=O)O. The van der Waals surface area contributed by atoms with Crippen molar-refractivity contribution in [1.82, 2.24) is 21.3 Å². The summed E-state index contributed by atoms with van der Waals surface area (Å²) in [6, 6.07) is 7.58. The van der Waals surface area contributed by atoms with E-state index in [-0.39, 0.29) is 36.7 Å². The molecule has 9 nitrogen and oxygen atoms in total. The van der Waals surface area contributed by atoms with Crippen LogP contribution in [0.1, 0.15) is 83.6 Å².